The van der Waals surface area contributed by atoms with Gasteiger partial charge in [0.2, 0.25) is 5.88 Å². The van der Waals surface area contributed by atoms with E-state index < -0.39 is 17.8 Å². The highest BCUT2D eigenvalue weighted by Gasteiger charge is 2.33. The topological polar surface area (TPSA) is 72.3 Å². The maximum absolute atomic E-state index is 12.3. The predicted molar refractivity (Wildman–Crippen MR) is 68.2 cm³/mol. The Morgan fingerprint density at radius 3 is 2.43 bits per heavy atom. The van der Waals surface area contributed by atoms with Gasteiger partial charge in [0.1, 0.15) is 5.75 Å². The first-order valence-electron chi connectivity index (χ1n) is 5.39. The fourth-order valence-electron chi connectivity index (χ4n) is 1.35. The quantitative estimate of drug-likeness (QED) is 0.900. The second-order valence-corrected chi connectivity index (χ2v) is 4.66. The number of carbonyl (C=O) groups is 1. The number of aromatic carboxylic acids is 1. The van der Waals surface area contributed by atoms with Gasteiger partial charge >= 0.3 is 12.1 Å². The van der Waals surface area contributed by atoms with E-state index in [1.807, 2.05) is 0 Å². The summed E-state index contributed by atoms with van der Waals surface area (Å²) >= 11 is 3.14. The van der Waals surface area contributed by atoms with Crippen LogP contribution in [-0.2, 0) is 6.18 Å². The summed E-state index contributed by atoms with van der Waals surface area (Å²) in [5, 5.41) is 15.2. The second kappa shape index (κ2) is 5.68. The molecule has 2 aromatic rings. The lowest BCUT2D eigenvalue weighted by atomic mass is 10.2. The van der Waals surface area contributed by atoms with Gasteiger partial charge in [-0.05, 0) is 40.2 Å². The Balaban J connectivity index is 2.26. The van der Waals surface area contributed by atoms with E-state index >= 15 is 0 Å². The van der Waals surface area contributed by atoms with Crippen molar-refractivity contribution in [1.82, 2.24) is 10.2 Å². The van der Waals surface area contributed by atoms with Gasteiger partial charge in [0, 0.05) is 6.07 Å². The number of hydrogen-bond acceptors (Lipinski definition) is 4. The van der Waals surface area contributed by atoms with Gasteiger partial charge in [0.05, 0.1) is 10.0 Å². The molecule has 0 aliphatic carbocycles. The van der Waals surface area contributed by atoms with Crippen LogP contribution in [0.25, 0.3) is 0 Å². The van der Waals surface area contributed by atoms with Crippen LogP contribution < -0.4 is 4.74 Å². The second-order valence-electron chi connectivity index (χ2n) is 3.81. The molecule has 1 aromatic carbocycles. The van der Waals surface area contributed by atoms with Crippen LogP contribution in [0.2, 0.25) is 0 Å². The minimum absolute atomic E-state index is 0.0342. The highest BCUT2D eigenvalue weighted by molar-refractivity contribution is 9.10. The minimum Gasteiger partial charge on any atom is -0.478 e. The van der Waals surface area contributed by atoms with Crippen LogP contribution >= 0.6 is 15.9 Å². The van der Waals surface area contributed by atoms with Gasteiger partial charge in [-0.1, -0.05) is 0 Å². The van der Waals surface area contributed by atoms with Gasteiger partial charge in [-0.25, -0.2) is 4.79 Å². The smallest absolute Gasteiger partial charge is 0.435 e. The summed E-state index contributed by atoms with van der Waals surface area (Å²) in [4.78, 5) is 10.8. The number of aromatic nitrogens is 2. The van der Waals surface area contributed by atoms with Gasteiger partial charge < -0.3 is 9.84 Å². The molecule has 1 N–H and O–H groups in total. The molecule has 9 heteroatoms. The SMILES string of the molecule is O=C(O)c1ccc(Br)c(Oc2ccc(C(F)(F)F)nn2)c1. The van der Waals surface area contributed by atoms with Crippen LogP contribution in [0.1, 0.15) is 16.1 Å². The number of nitrogens with zero attached hydrogens (tertiary/aromatic N) is 2. The summed E-state index contributed by atoms with van der Waals surface area (Å²) in [6.45, 7) is 0. The predicted octanol–water partition coefficient (Wildman–Crippen LogP) is 3.75. The van der Waals surface area contributed by atoms with Crippen molar-refractivity contribution in [1.29, 1.82) is 0 Å². The third-order valence-corrected chi connectivity index (χ3v) is 2.98. The van der Waals surface area contributed by atoms with E-state index in [9.17, 15) is 18.0 Å². The maximum Gasteiger partial charge on any atom is 0.435 e. The zero-order valence-corrected chi connectivity index (χ0v) is 11.6. The van der Waals surface area contributed by atoms with E-state index in [1.54, 1.807) is 0 Å². The molecule has 0 unspecified atom stereocenters. The lowest BCUT2D eigenvalue weighted by molar-refractivity contribution is -0.141. The molecular weight excluding hydrogens is 357 g/mol. The Bertz CT molecular complexity index is 674. The summed E-state index contributed by atoms with van der Waals surface area (Å²) in [6.07, 6.45) is -4.59. The lowest BCUT2D eigenvalue weighted by Gasteiger charge is -2.08. The van der Waals surface area contributed by atoms with Crippen molar-refractivity contribution < 1.29 is 27.8 Å². The molecule has 0 amide bonds. The largest absolute Gasteiger partial charge is 0.478 e. The molecule has 0 atom stereocenters. The van der Waals surface area contributed by atoms with Crippen molar-refractivity contribution in [2.24, 2.45) is 0 Å². The molecule has 0 aliphatic rings. The summed E-state index contributed by atoms with van der Waals surface area (Å²) in [7, 11) is 0. The van der Waals surface area contributed by atoms with Gasteiger partial charge in [0.25, 0.3) is 0 Å². The molecule has 0 spiro atoms. The van der Waals surface area contributed by atoms with E-state index in [0.717, 1.165) is 12.1 Å². The average Bonchev–Trinajstić information content (AvgIpc) is 2.40. The monoisotopic (exact) mass is 362 g/mol. The molecule has 2 rings (SSSR count). The number of carboxylic acids is 1. The third kappa shape index (κ3) is 3.69. The molecular formula is C12H6BrF3N2O3. The zero-order valence-electron chi connectivity index (χ0n) is 10.1. The van der Waals surface area contributed by atoms with Crippen molar-refractivity contribution in [2.75, 3.05) is 0 Å². The number of carboxylic acid groups (broad SMARTS) is 1. The van der Waals surface area contributed by atoms with Crippen molar-refractivity contribution in [2.45, 2.75) is 6.18 Å². The molecule has 110 valence electrons. The van der Waals surface area contributed by atoms with E-state index in [2.05, 4.69) is 26.1 Å². The summed E-state index contributed by atoms with van der Waals surface area (Å²) in [5.74, 6) is -1.25. The number of halogens is 4. The summed E-state index contributed by atoms with van der Waals surface area (Å²) in [6, 6.07) is 5.72. The molecule has 0 saturated heterocycles. The Labute approximate surface area is 124 Å². The summed E-state index contributed by atoms with van der Waals surface area (Å²) < 4.78 is 42.7. The number of hydrogen-bond donors (Lipinski definition) is 1. The first-order valence-corrected chi connectivity index (χ1v) is 6.18. The van der Waals surface area contributed by atoms with Crippen LogP contribution in [-0.4, -0.2) is 21.3 Å². The van der Waals surface area contributed by atoms with Crippen LogP contribution in [0.3, 0.4) is 0 Å². The van der Waals surface area contributed by atoms with Crippen LogP contribution in [0.4, 0.5) is 13.2 Å². The van der Waals surface area contributed by atoms with Crippen molar-refractivity contribution >= 4 is 21.9 Å². The fraction of sp³-hybridized carbons (Fsp3) is 0.0833. The van der Waals surface area contributed by atoms with E-state index in [0.29, 0.717) is 4.47 Å². The summed E-state index contributed by atoms with van der Waals surface area (Å²) in [5.41, 5.74) is -1.18. The van der Waals surface area contributed by atoms with Gasteiger partial charge in [-0.2, -0.15) is 13.2 Å². The molecule has 5 nitrogen and oxygen atoms in total. The fourth-order valence-corrected chi connectivity index (χ4v) is 1.68. The number of alkyl halides is 3. The van der Waals surface area contributed by atoms with E-state index in [-0.39, 0.29) is 17.2 Å². The molecule has 1 heterocycles. The Morgan fingerprint density at radius 1 is 1.19 bits per heavy atom. The van der Waals surface area contributed by atoms with Crippen molar-refractivity contribution in [3.8, 4) is 11.6 Å². The highest BCUT2D eigenvalue weighted by Crippen LogP contribution is 2.31. The Kier molecular flexibility index (Phi) is 4.12. The third-order valence-electron chi connectivity index (χ3n) is 2.32. The van der Waals surface area contributed by atoms with Gasteiger partial charge in [0.15, 0.2) is 5.69 Å². The Hall–Kier alpha value is -2.16. The zero-order chi connectivity index (χ0) is 15.6. The van der Waals surface area contributed by atoms with E-state index in [1.165, 1.54) is 18.2 Å². The van der Waals surface area contributed by atoms with Crippen LogP contribution in [0.15, 0.2) is 34.8 Å². The molecule has 0 radical (unpaired) electrons. The molecule has 21 heavy (non-hydrogen) atoms. The van der Waals surface area contributed by atoms with E-state index in [4.69, 9.17) is 9.84 Å². The maximum atomic E-state index is 12.3. The number of ether oxygens (including phenoxy) is 1. The highest BCUT2D eigenvalue weighted by atomic mass is 79.9. The first-order chi connectivity index (χ1) is 9.77. The van der Waals surface area contributed by atoms with Crippen molar-refractivity contribution in [3.05, 3.63) is 46.1 Å². The van der Waals surface area contributed by atoms with Crippen LogP contribution in [0, 0.1) is 0 Å². The molecule has 0 bridgehead atoms. The van der Waals surface area contributed by atoms with Crippen LogP contribution in [0.5, 0.6) is 11.6 Å². The standard InChI is InChI=1S/C12H6BrF3N2O3/c13-7-2-1-6(11(19)20)5-8(7)21-10-4-3-9(17-18-10)12(14,15)16/h1-5H,(H,19,20). The molecule has 0 aliphatic heterocycles. The molecule has 0 fully saturated rings. The minimum atomic E-state index is -4.59. The van der Waals surface area contributed by atoms with Gasteiger partial charge in [-0.15, -0.1) is 10.2 Å². The van der Waals surface area contributed by atoms with Crippen molar-refractivity contribution in [3.63, 3.8) is 0 Å². The average molecular weight is 363 g/mol. The van der Waals surface area contributed by atoms with Gasteiger partial charge in [-0.3, -0.25) is 0 Å². The first kappa shape index (κ1) is 15.2. The number of rotatable bonds is 3. The normalized spacial score (nSPS) is 11.2. The number of benzene rings is 1. The molecule has 0 saturated carbocycles. The molecule has 1 aromatic heterocycles. The Morgan fingerprint density at radius 2 is 1.90 bits per heavy atom. The lowest BCUT2D eigenvalue weighted by Crippen LogP contribution is -2.09.